The molecule has 3 rings (SSSR count). The molecule has 0 aliphatic carbocycles. The summed E-state index contributed by atoms with van der Waals surface area (Å²) in [6.45, 7) is 1.39. The van der Waals surface area contributed by atoms with E-state index >= 15 is 0 Å². The summed E-state index contributed by atoms with van der Waals surface area (Å²) in [6, 6.07) is 9.69. The van der Waals surface area contributed by atoms with Crippen LogP contribution in [0.1, 0.15) is 6.92 Å². The number of amides is 2. The number of hydrogen-bond acceptors (Lipinski definition) is 5. The molecule has 1 unspecified atom stereocenters. The molecule has 1 aliphatic heterocycles. The number of carbonyl (C=O) groups excluding carboxylic acids is 2. The lowest BCUT2D eigenvalue weighted by atomic mass is 10.0. The summed E-state index contributed by atoms with van der Waals surface area (Å²) >= 11 is 5.92. The number of anilines is 2. The van der Waals surface area contributed by atoms with Crippen molar-refractivity contribution in [2.24, 2.45) is 0 Å². The van der Waals surface area contributed by atoms with Gasteiger partial charge in [-0.25, -0.2) is 0 Å². The minimum atomic E-state index is -1.77. The Morgan fingerprint density at radius 1 is 1.19 bits per heavy atom. The molecule has 0 bridgehead atoms. The Kier molecular flexibility index (Phi) is 4.65. The Hall–Kier alpha value is -2.93. The Morgan fingerprint density at radius 2 is 1.96 bits per heavy atom. The van der Waals surface area contributed by atoms with Crippen molar-refractivity contribution in [3.63, 3.8) is 0 Å². The molecule has 1 heterocycles. The van der Waals surface area contributed by atoms with Gasteiger partial charge >= 0.3 is 0 Å². The number of ether oxygens (including phenoxy) is 3. The molecule has 0 aromatic heterocycles. The molecule has 0 saturated heterocycles. The van der Waals surface area contributed by atoms with Crippen LogP contribution in [0.15, 0.2) is 36.4 Å². The molecule has 7 nitrogen and oxygen atoms in total. The van der Waals surface area contributed by atoms with Crippen LogP contribution in [0.25, 0.3) is 0 Å². The fourth-order valence-electron chi connectivity index (χ4n) is 2.50. The van der Waals surface area contributed by atoms with Gasteiger partial charge in [0.05, 0.1) is 25.6 Å². The van der Waals surface area contributed by atoms with E-state index in [-0.39, 0.29) is 0 Å². The van der Waals surface area contributed by atoms with Gasteiger partial charge in [-0.2, -0.15) is 0 Å². The van der Waals surface area contributed by atoms with Gasteiger partial charge in [-0.1, -0.05) is 11.6 Å². The zero-order valence-corrected chi connectivity index (χ0v) is 15.1. The van der Waals surface area contributed by atoms with Gasteiger partial charge in [0.2, 0.25) is 0 Å². The lowest BCUT2D eigenvalue weighted by Crippen LogP contribution is -2.56. The van der Waals surface area contributed by atoms with E-state index in [2.05, 4.69) is 10.6 Å². The first-order valence-corrected chi connectivity index (χ1v) is 8.08. The minimum absolute atomic E-state index is 0.351. The number of benzene rings is 2. The average Bonchev–Trinajstić information content (AvgIpc) is 2.62. The third-order valence-electron chi connectivity index (χ3n) is 4.03. The second-order valence-electron chi connectivity index (χ2n) is 5.75. The fraction of sp³-hybridized carbons (Fsp3) is 0.222. The zero-order valence-electron chi connectivity index (χ0n) is 14.4. The van der Waals surface area contributed by atoms with Gasteiger partial charge in [0.15, 0.2) is 0 Å². The highest BCUT2D eigenvalue weighted by atomic mass is 35.5. The van der Waals surface area contributed by atoms with Gasteiger partial charge in [-0.05, 0) is 37.3 Å². The van der Waals surface area contributed by atoms with E-state index in [1.54, 1.807) is 36.4 Å². The lowest BCUT2D eigenvalue weighted by Gasteiger charge is -2.33. The van der Waals surface area contributed by atoms with Crippen molar-refractivity contribution < 1.29 is 23.8 Å². The predicted octanol–water partition coefficient (Wildman–Crippen LogP) is 3.09. The largest absolute Gasteiger partial charge is 0.497 e. The molecule has 2 N–H and O–H groups in total. The van der Waals surface area contributed by atoms with Crippen LogP contribution in [0.2, 0.25) is 5.02 Å². The predicted molar refractivity (Wildman–Crippen MR) is 97.3 cm³/mol. The summed E-state index contributed by atoms with van der Waals surface area (Å²) < 4.78 is 16.1. The highest BCUT2D eigenvalue weighted by molar-refractivity contribution is 6.31. The van der Waals surface area contributed by atoms with E-state index in [0.29, 0.717) is 33.6 Å². The van der Waals surface area contributed by atoms with Gasteiger partial charge < -0.3 is 24.8 Å². The highest BCUT2D eigenvalue weighted by Gasteiger charge is 2.47. The van der Waals surface area contributed by atoms with Gasteiger partial charge in [0.1, 0.15) is 17.2 Å². The van der Waals surface area contributed by atoms with E-state index in [4.69, 9.17) is 25.8 Å². The lowest BCUT2D eigenvalue weighted by molar-refractivity contribution is -0.143. The summed E-state index contributed by atoms with van der Waals surface area (Å²) in [4.78, 5) is 25.3. The first kappa shape index (κ1) is 17.9. The maximum absolute atomic E-state index is 12.8. The van der Waals surface area contributed by atoms with Crippen molar-refractivity contribution in [3.05, 3.63) is 41.4 Å². The van der Waals surface area contributed by atoms with Crippen molar-refractivity contribution in [1.29, 1.82) is 0 Å². The molecular weight excluding hydrogens is 360 g/mol. The zero-order chi connectivity index (χ0) is 18.9. The molecule has 0 spiro atoms. The Morgan fingerprint density at radius 3 is 2.65 bits per heavy atom. The molecule has 1 aliphatic rings. The maximum atomic E-state index is 12.8. The number of fused-ring (bicyclic) bond motifs is 1. The molecule has 2 amide bonds. The van der Waals surface area contributed by atoms with E-state index in [1.807, 2.05) is 0 Å². The molecular formula is C18H17ClN2O5. The number of carbonyl (C=O) groups is 2. The SMILES string of the molecule is COc1ccc(OC)c(NC(=O)C2(C)Oc3ccc(Cl)cc3NC2=O)c1. The van der Waals surface area contributed by atoms with Crippen LogP contribution in [0.4, 0.5) is 11.4 Å². The molecule has 0 radical (unpaired) electrons. The van der Waals surface area contributed by atoms with Crippen LogP contribution in [-0.4, -0.2) is 31.6 Å². The van der Waals surface area contributed by atoms with E-state index < -0.39 is 17.4 Å². The topological polar surface area (TPSA) is 85.9 Å². The first-order valence-electron chi connectivity index (χ1n) is 7.71. The van der Waals surface area contributed by atoms with E-state index in [1.165, 1.54) is 21.1 Å². The monoisotopic (exact) mass is 376 g/mol. The highest BCUT2D eigenvalue weighted by Crippen LogP contribution is 2.37. The standard InChI is InChI=1S/C18H17ClN2O5/c1-18(16(22)20-12-8-10(19)4-6-15(12)26-18)17(23)21-13-9-11(24-2)5-7-14(13)25-3/h4-9H,1-3H3,(H,20,22)(H,21,23). The molecule has 8 heteroatoms. The summed E-state index contributed by atoms with van der Waals surface area (Å²) in [7, 11) is 2.98. The van der Waals surface area contributed by atoms with Crippen LogP contribution < -0.4 is 24.8 Å². The number of hydrogen-bond donors (Lipinski definition) is 2. The molecule has 1 atom stereocenters. The Balaban J connectivity index is 1.90. The fourth-order valence-corrected chi connectivity index (χ4v) is 2.67. The van der Waals surface area contributed by atoms with Gasteiger partial charge in [-0.3, -0.25) is 9.59 Å². The molecule has 2 aromatic rings. The van der Waals surface area contributed by atoms with Crippen molar-refractivity contribution >= 4 is 34.8 Å². The molecule has 2 aromatic carbocycles. The number of halogens is 1. The molecule has 26 heavy (non-hydrogen) atoms. The van der Waals surface area contributed by atoms with Crippen molar-refractivity contribution in [2.45, 2.75) is 12.5 Å². The Bertz CT molecular complexity index is 886. The van der Waals surface area contributed by atoms with Crippen molar-refractivity contribution in [2.75, 3.05) is 24.9 Å². The number of rotatable bonds is 4. The Labute approximate surface area is 155 Å². The van der Waals surface area contributed by atoms with Gasteiger partial charge in [0.25, 0.3) is 17.4 Å². The van der Waals surface area contributed by atoms with Crippen LogP contribution in [0.3, 0.4) is 0 Å². The van der Waals surface area contributed by atoms with Crippen molar-refractivity contribution in [3.8, 4) is 17.2 Å². The maximum Gasteiger partial charge on any atom is 0.278 e. The minimum Gasteiger partial charge on any atom is -0.497 e. The van der Waals surface area contributed by atoms with Crippen LogP contribution >= 0.6 is 11.6 Å². The molecule has 0 saturated carbocycles. The summed E-state index contributed by atoms with van der Waals surface area (Å²) in [5, 5.41) is 5.75. The average molecular weight is 377 g/mol. The molecule has 0 fully saturated rings. The first-order chi connectivity index (χ1) is 12.4. The third kappa shape index (κ3) is 3.13. The van der Waals surface area contributed by atoms with Gasteiger partial charge in [0, 0.05) is 11.1 Å². The third-order valence-corrected chi connectivity index (χ3v) is 4.26. The quantitative estimate of drug-likeness (QED) is 0.801. The van der Waals surface area contributed by atoms with E-state index in [9.17, 15) is 9.59 Å². The van der Waals surface area contributed by atoms with Crippen LogP contribution in [-0.2, 0) is 9.59 Å². The van der Waals surface area contributed by atoms with Gasteiger partial charge in [-0.15, -0.1) is 0 Å². The second-order valence-corrected chi connectivity index (χ2v) is 6.19. The summed E-state index contributed by atoms with van der Waals surface area (Å²) in [5.74, 6) is 0.0458. The summed E-state index contributed by atoms with van der Waals surface area (Å²) in [6.07, 6.45) is 0. The second kappa shape index (κ2) is 6.76. The van der Waals surface area contributed by atoms with Crippen LogP contribution in [0.5, 0.6) is 17.2 Å². The normalized spacial score (nSPS) is 18.2. The summed E-state index contributed by atoms with van der Waals surface area (Å²) in [5.41, 5.74) is -1.00. The van der Waals surface area contributed by atoms with Crippen LogP contribution in [0, 0.1) is 0 Å². The van der Waals surface area contributed by atoms with Crippen molar-refractivity contribution in [1.82, 2.24) is 0 Å². The smallest absolute Gasteiger partial charge is 0.278 e. The van der Waals surface area contributed by atoms with E-state index in [0.717, 1.165) is 0 Å². The molecule has 136 valence electrons. The number of methoxy groups -OCH3 is 2. The number of nitrogens with one attached hydrogen (secondary N) is 2.